The Morgan fingerprint density at radius 3 is 2.67 bits per heavy atom. The van der Waals surface area contributed by atoms with Crippen molar-refractivity contribution in [2.75, 3.05) is 11.9 Å². The summed E-state index contributed by atoms with van der Waals surface area (Å²) in [5.41, 5.74) is 1.33. The summed E-state index contributed by atoms with van der Waals surface area (Å²) in [4.78, 5) is 14.8. The number of aromatic amines is 1. The summed E-state index contributed by atoms with van der Waals surface area (Å²) in [7, 11) is 0. The molecule has 2 aromatic rings. The van der Waals surface area contributed by atoms with E-state index in [0.717, 1.165) is 11.4 Å². The van der Waals surface area contributed by atoms with E-state index in [1.165, 1.54) is 0 Å². The van der Waals surface area contributed by atoms with Gasteiger partial charge in [-0.3, -0.25) is 4.79 Å². The van der Waals surface area contributed by atoms with E-state index < -0.39 is 0 Å². The number of rotatable bonds is 4. The first kappa shape index (κ1) is 12.1. The van der Waals surface area contributed by atoms with Gasteiger partial charge in [0.05, 0.1) is 6.61 Å². The third-order valence-electron chi connectivity index (χ3n) is 2.39. The van der Waals surface area contributed by atoms with Crippen molar-refractivity contribution in [1.82, 2.24) is 0 Å². The lowest BCUT2D eigenvalue weighted by Crippen LogP contribution is -2.13. The molecule has 4 nitrogen and oxygen atoms in total. The van der Waals surface area contributed by atoms with Crippen LogP contribution in [-0.4, -0.2) is 12.5 Å². The highest BCUT2D eigenvalue weighted by atomic mass is 16.5. The Morgan fingerprint density at radius 1 is 1.28 bits per heavy atom. The van der Waals surface area contributed by atoms with Crippen LogP contribution in [0, 0.1) is 0 Å². The molecule has 1 heterocycles. The number of pyridine rings is 1. The molecule has 0 radical (unpaired) electrons. The number of carbonyl (C=O) groups excluding carboxylic acids is 1. The maximum Gasteiger partial charge on any atom is 0.255 e. The quantitative estimate of drug-likeness (QED) is 0.894. The molecule has 0 saturated heterocycles. The minimum absolute atomic E-state index is 0.141. The molecule has 1 aromatic heterocycles. The normalized spacial score (nSPS) is 9.83. The molecule has 0 fully saturated rings. The summed E-state index contributed by atoms with van der Waals surface area (Å²) >= 11 is 0. The Kier molecular flexibility index (Phi) is 3.91. The first-order chi connectivity index (χ1) is 8.79. The van der Waals surface area contributed by atoms with Crippen LogP contribution < -0.4 is 15.0 Å². The van der Waals surface area contributed by atoms with Gasteiger partial charge < -0.3 is 10.1 Å². The Balaban J connectivity index is 2.05. The van der Waals surface area contributed by atoms with Gasteiger partial charge in [-0.25, -0.2) is 4.98 Å². The third kappa shape index (κ3) is 3.07. The number of benzene rings is 1. The Bertz CT molecular complexity index is 509. The largest absolute Gasteiger partial charge is 0.494 e. The van der Waals surface area contributed by atoms with Gasteiger partial charge in [-0.05, 0) is 37.3 Å². The second-order valence-corrected chi connectivity index (χ2v) is 3.70. The number of H-pyrrole nitrogens is 1. The highest BCUT2D eigenvalue weighted by Crippen LogP contribution is 2.13. The molecule has 92 valence electrons. The van der Waals surface area contributed by atoms with Gasteiger partial charge in [0, 0.05) is 11.6 Å². The number of anilines is 1. The van der Waals surface area contributed by atoms with Crippen molar-refractivity contribution in [2.24, 2.45) is 0 Å². The predicted molar refractivity (Wildman–Crippen MR) is 68.6 cm³/mol. The molecular weight excluding hydrogens is 228 g/mol. The molecule has 1 amide bonds. The van der Waals surface area contributed by atoms with Gasteiger partial charge in [-0.1, -0.05) is 0 Å². The van der Waals surface area contributed by atoms with Crippen molar-refractivity contribution in [3.63, 3.8) is 0 Å². The van der Waals surface area contributed by atoms with Gasteiger partial charge >= 0.3 is 0 Å². The maximum atomic E-state index is 11.9. The molecule has 4 heteroatoms. The van der Waals surface area contributed by atoms with Gasteiger partial charge in [0.1, 0.15) is 11.4 Å². The van der Waals surface area contributed by atoms with E-state index in [4.69, 9.17) is 4.74 Å². The van der Waals surface area contributed by atoms with Crippen LogP contribution in [0.3, 0.4) is 0 Å². The van der Waals surface area contributed by atoms with Gasteiger partial charge in [0.15, 0.2) is 12.4 Å². The van der Waals surface area contributed by atoms with Crippen LogP contribution >= 0.6 is 0 Å². The van der Waals surface area contributed by atoms with Crippen LogP contribution in [0.4, 0.5) is 5.69 Å². The van der Waals surface area contributed by atoms with E-state index in [1.54, 1.807) is 36.7 Å². The highest BCUT2D eigenvalue weighted by Gasteiger charge is 2.06. The van der Waals surface area contributed by atoms with Gasteiger partial charge in [-0.15, -0.1) is 0 Å². The maximum absolute atomic E-state index is 11.9. The number of hydrogen-bond donors (Lipinski definition) is 1. The Morgan fingerprint density at radius 2 is 2.06 bits per heavy atom. The predicted octanol–water partition coefficient (Wildman–Crippen LogP) is 2.15. The first-order valence-corrected chi connectivity index (χ1v) is 5.80. The van der Waals surface area contributed by atoms with E-state index in [9.17, 15) is 4.79 Å². The standard InChI is InChI=1S/C14H14N2O2/c1-2-18-13-7-5-11(6-8-13)14(17)16-12-4-3-9-15-10-12/h3-10H,2H2,1H3,(H,16,17)/p+1. The summed E-state index contributed by atoms with van der Waals surface area (Å²) in [5, 5.41) is 2.80. The van der Waals surface area contributed by atoms with E-state index in [-0.39, 0.29) is 5.91 Å². The topological polar surface area (TPSA) is 52.5 Å². The van der Waals surface area contributed by atoms with Gasteiger partial charge in [0.25, 0.3) is 5.91 Å². The Hall–Kier alpha value is -2.36. The number of aromatic nitrogens is 1. The monoisotopic (exact) mass is 243 g/mol. The SMILES string of the molecule is CCOc1ccc(C(=O)Nc2ccc[nH+]c2)cc1. The average molecular weight is 243 g/mol. The van der Waals surface area contributed by atoms with Crippen molar-refractivity contribution in [1.29, 1.82) is 0 Å². The lowest BCUT2D eigenvalue weighted by molar-refractivity contribution is -0.377. The lowest BCUT2D eigenvalue weighted by Gasteiger charge is -2.05. The molecule has 2 rings (SSSR count). The summed E-state index contributed by atoms with van der Waals surface area (Å²) in [5.74, 6) is 0.625. The zero-order valence-electron chi connectivity index (χ0n) is 10.1. The summed E-state index contributed by atoms with van der Waals surface area (Å²) < 4.78 is 5.32. The smallest absolute Gasteiger partial charge is 0.255 e. The van der Waals surface area contributed by atoms with Crippen molar-refractivity contribution in [2.45, 2.75) is 6.92 Å². The number of hydrogen-bond acceptors (Lipinski definition) is 2. The first-order valence-electron chi connectivity index (χ1n) is 5.80. The average Bonchev–Trinajstić information content (AvgIpc) is 2.41. The van der Waals surface area contributed by atoms with Crippen LogP contribution in [0.1, 0.15) is 17.3 Å². The molecule has 0 atom stereocenters. The van der Waals surface area contributed by atoms with E-state index in [2.05, 4.69) is 10.3 Å². The zero-order chi connectivity index (χ0) is 12.8. The molecule has 0 unspecified atom stereocenters. The minimum Gasteiger partial charge on any atom is -0.494 e. The van der Waals surface area contributed by atoms with Crippen LogP contribution in [0.25, 0.3) is 0 Å². The van der Waals surface area contributed by atoms with E-state index in [1.807, 2.05) is 19.1 Å². The molecule has 0 aliphatic carbocycles. The fraction of sp³-hybridized carbons (Fsp3) is 0.143. The fourth-order valence-electron chi connectivity index (χ4n) is 1.54. The van der Waals surface area contributed by atoms with E-state index in [0.29, 0.717) is 12.2 Å². The van der Waals surface area contributed by atoms with Crippen LogP contribution in [0.2, 0.25) is 0 Å². The van der Waals surface area contributed by atoms with Gasteiger partial charge in [0.2, 0.25) is 0 Å². The second-order valence-electron chi connectivity index (χ2n) is 3.70. The highest BCUT2D eigenvalue weighted by molar-refractivity contribution is 6.04. The van der Waals surface area contributed by atoms with Crippen LogP contribution in [0.15, 0.2) is 48.8 Å². The molecule has 0 aliphatic heterocycles. The Labute approximate surface area is 106 Å². The number of nitrogens with one attached hydrogen (secondary N) is 2. The van der Waals surface area contributed by atoms with Crippen molar-refractivity contribution >= 4 is 11.6 Å². The van der Waals surface area contributed by atoms with Crippen LogP contribution in [0.5, 0.6) is 5.75 Å². The number of ether oxygens (including phenoxy) is 1. The summed E-state index contributed by atoms with van der Waals surface area (Å²) in [6.07, 6.45) is 3.51. The molecule has 18 heavy (non-hydrogen) atoms. The van der Waals surface area contributed by atoms with Crippen LogP contribution in [-0.2, 0) is 0 Å². The van der Waals surface area contributed by atoms with Crippen molar-refractivity contribution in [3.05, 3.63) is 54.4 Å². The van der Waals surface area contributed by atoms with Crippen molar-refractivity contribution in [3.8, 4) is 5.75 Å². The second kappa shape index (κ2) is 5.82. The molecule has 0 spiro atoms. The molecule has 0 bridgehead atoms. The number of carbonyl (C=O) groups is 1. The zero-order valence-corrected chi connectivity index (χ0v) is 10.1. The molecular formula is C14H15N2O2+. The number of amides is 1. The van der Waals surface area contributed by atoms with E-state index >= 15 is 0 Å². The van der Waals surface area contributed by atoms with Crippen molar-refractivity contribution < 1.29 is 14.5 Å². The third-order valence-corrected chi connectivity index (χ3v) is 2.39. The molecule has 0 aliphatic rings. The minimum atomic E-state index is -0.141. The molecule has 1 aromatic carbocycles. The fourth-order valence-corrected chi connectivity index (χ4v) is 1.54. The molecule has 0 saturated carbocycles. The summed E-state index contributed by atoms with van der Waals surface area (Å²) in [6, 6.07) is 10.7. The molecule has 2 N–H and O–H groups in total. The lowest BCUT2D eigenvalue weighted by atomic mass is 10.2. The summed E-state index contributed by atoms with van der Waals surface area (Å²) in [6.45, 7) is 2.54. The van der Waals surface area contributed by atoms with Gasteiger partial charge in [-0.2, -0.15) is 0 Å².